The van der Waals surface area contributed by atoms with Crippen molar-refractivity contribution in [1.82, 2.24) is 0 Å². The maximum atomic E-state index is 12.3. The molecule has 0 saturated carbocycles. The Kier molecular flexibility index (Phi) is 4.11. The van der Waals surface area contributed by atoms with Crippen LogP contribution in [0.2, 0.25) is 0 Å². The molecule has 1 aromatic rings. The standard InChI is InChI=1S/C6H3F3S.Zn/c7-3-1-5(9)6(10)2-4(3)8;/h1-2,10H;/q;+2. The van der Waals surface area contributed by atoms with Crippen LogP contribution in [0.1, 0.15) is 0 Å². The average molecular weight is 230 g/mol. The van der Waals surface area contributed by atoms with Gasteiger partial charge in [0.05, 0.1) is 0 Å². The zero-order valence-electron chi connectivity index (χ0n) is 5.44. The van der Waals surface area contributed by atoms with E-state index >= 15 is 0 Å². The predicted octanol–water partition coefficient (Wildman–Crippen LogP) is 2.39. The number of halogens is 3. The molecule has 0 bridgehead atoms. The summed E-state index contributed by atoms with van der Waals surface area (Å²) in [4.78, 5) is -0.195. The Morgan fingerprint density at radius 2 is 1.36 bits per heavy atom. The van der Waals surface area contributed by atoms with Gasteiger partial charge in [-0.05, 0) is 6.07 Å². The van der Waals surface area contributed by atoms with Crippen molar-refractivity contribution in [1.29, 1.82) is 0 Å². The molecular weight excluding hydrogens is 227 g/mol. The fourth-order valence-electron chi connectivity index (χ4n) is 0.512. The number of thiol groups is 1. The van der Waals surface area contributed by atoms with E-state index < -0.39 is 17.5 Å². The van der Waals surface area contributed by atoms with Crippen molar-refractivity contribution in [3.05, 3.63) is 29.6 Å². The molecule has 0 fully saturated rings. The molecule has 0 aliphatic heterocycles. The van der Waals surface area contributed by atoms with Crippen LogP contribution in [0.4, 0.5) is 13.2 Å². The van der Waals surface area contributed by atoms with Crippen molar-refractivity contribution < 1.29 is 32.6 Å². The van der Waals surface area contributed by atoms with E-state index in [0.29, 0.717) is 12.1 Å². The summed E-state index contributed by atoms with van der Waals surface area (Å²) in [5, 5.41) is 0. The molecule has 54 valence electrons. The Labute approximate surface area is 80.0 Å². The van der Waals surface area contributed by atoms with Crippen molar-refractivity contribution >= 4 is 12.6 Å². The van der Waals surface area contributed by atoms with Crippen LogP contribution in [0, 0.1) is 17.5 Å². The van der Waals surface area contributed by atoms with E-state index in [4.69, 9.17) is 0 Å². The molecule has 0 spiro atoms. The van der Waals surface area contributed by atoms with Crippen LogP contribution in [0.3, 0.4) is 0 Å². The number of benzene rings is 1. The third-order valence-corrected chi connectivity index (χ3v) is 1.33. The van der Waals surface area contributed by atoms with Crippen LogP contribution in [-0.2, 0) is 19.5 Å². The predicted molar refractivity (Wildman–Crippen MR) is 33.6 cm³/mol. The normalized spacial score (nSPS) is 9.09. The van der Waals surface area contributed by atoms with E-state index in [2.05, 4.69) is 12.6 Å². The third kappa shape index (κ3) is 2.49. The molecule has 0 unspecified atom stereocenters. The second-order valence-corrected chi connectivity index (χ2v) is 2.20. The Morgan fingerprint density at radius 3 is 1.82 bits per heavy atom. The van der Waals surface area contributed by atoms with Gasteiger partial charge >= 0.3 is 19.5 Å². The largest absolute Gasteiger partial charge is 2.00 e. The van der Waals surface area contributed by atoms with E-state index in [1.807, 2.05) is 0 Å². The van der Waals surface area contributed by atoms with Gasteiger partial charge < -0.3 is 0 Å². The van der Waals surface area contributed by atoms with Crippen LogP contribution < -0.4 is 0 Å². The first-order valence-electron chi connectivity index (χ1n) is 2.45. The smallest absolute Gasteiger partial charge is 0.206 e. The van der Waals surface area contributed by atoms with Crippen molar-refractivity contribution in [2.75, 3.05) is 0 Å². The minimum absolute atomic E-state index is 0. The van der Waals surface area contributed by atoms with E-state index in [9.17, 15) is 13.2 Å². The molecule has 0 aliphatic rings. The minimum Gasteiger partial charge on any atom is -0.206 e. The van der Waals surface area contributed by atoms with Gasteiger partial charge in [-0.3, -0.25) is 0 Å². The first-order chi connectivity index (χ1) is 4.61. The van der Waals surface area contributed by atoms with Gasteiger partial charge in [0.15, 0.2) is 11.6 Å². The van der Waals surface area contributed by atoms with Crippen LogP contribution in [0.25, 0.3) is 0 Å². The summed E-state index contributed by atoms with van der Waals surface area (Å²) < 4.78 is 36.6. The van der Waals surface area contributed by atoms with E-state index in [1.54, 1.807) is 0 Å². The fraction of sp³-hybridized carbons (Fsp3) is 0. The second kappa shape index (κ2) is 4.12. The molecule has 1 rings (SSSR count). The second-order valence-electron chi connectivity index (χ2n) is 1.72. The zero-order valence-corrected chi connectivity index (χ0v) is 9.30. The van der Waals surface area contributed by atoms with Gasteiger partial charge in [0.1, 0.15) is 5.82 Å². The average Bonchev–Trinajstić information content (AvgIpc) is 1.84. The molecule has 0 heterocycles. The maximum absolute atomic E-state index is 12.3. The van der Waals surface area contributed by atoms with Gasteiger partial charge in [0.25, 0.3) is 0 Å². The van der Waals surface area contributed by atoms with Crippen LogP contribution in [0.15, 0.2) is 17.0 Å². The number of hydrogen-bond donors (Lipinski definition) is 1. The summed E-state index contributed by atoms with van der Waals surface area (Å²) in [6, 6.07) is 1.14. The van der Waals surface area contributed by atoms with E-state index in [1.165, 1.54) is 0 Å². The summed E-state index contributed by atoms with van der Waals surface area (Å²) >= 11 is 3.53. The molecule has 5 heteroatoms. The van der Waals surface area contributed by atoms with Gasteiger partial charge in [-0.2, -0.15) is 0 Å². The van der Waals surface area contributed by atoms with Gasteiger partial charge in [0, 0.05) is 11.0 Å². The topological polar surface area (TPSA) is 0 Å². The molecule has 0 nitrogen and oxygen atoms in total. The Morgan fingerprint density at radius 1 is 0.909 bits per heavy atom. The summed E-state index contributed by atoms with van der Waals surface area (Å²) in [7, 11) is 0. The van der Waals surface area contributed by atoms with Gasteiger partial charge in [0.2, 0.25) is 0 Å². The van der Waals surface area contributed by atoms with Crippen molar-refractivity contribution in [2.24, 2.45) is 0 Å². The fourth-order valence-corrected chi connectivity index (χ4v) is 0.690. The maximum Gasteiger partial charge on any atom is 2.00 e. The van der Waals surface area contributed by atoms with Crippen molar-refractivity contribution in [2.45, 2.75) is 4.90 Å². The van der Waals surface area contributed by atoms with E-state index in [0.717, 1.165) is 0 Å². The molecule has 11 heavy (non-hydrogen) atoms. The van der Waals surface area contributed by atoms with Crippen molar-refractivity contribution in [3.8, 4) is 0 Å². The Balaban J connectivity index is 0.000001000. The van der Waals surface area contributed by atoms with Crippen molar-refractivity contribution in [3.63, 3.8) is 0 Å². The SMILES string of the molecule is Fc1cc(F)c(S)cc1F.[Zn+2]. The number of hydrogen-bond acceptors (Lipinski definition) is 1. The quantitative estimate of drug-likeness (QED) is 0.394. The molecule has 0 aromatic heterocycles. The zero-order chi connectivity index (χ0) is 7.72. The Bertz CT molecular complexity index is 214. The summed E-state index contributed by atoms with van der Waals surface area (Å²) in [5.74, 6) is -3.15. The summed E-state index contributed by atoms with van der Waals surface area (Å²) in [6.07, 6.45) is 0. The summed E-state index contributed by atoms with van der Waals surface area (Å²) in [5.41, 5.74) is 0. The van der Waals surface area contributed by atoms with Crippen LogP contribution in [0.5, 0.6) is 0 Å². The van der Waals surface area contributed by atoms with Gasteiger partial charge in [-0.15, -0.1) is 12.6 Å². The van der Waals surface area contributed by atoms with Crippen LogP contribution >= 0.6 is 12.6 Å². The Hall–Kier alpha value is -0.0166. The molecule has 0 atom stereocenters. The number of rotatable bonds is 0. The monoisotopic (exact) mass is 228 g/mol. The van der Waals surface area contributed by atoms with E-state index in [-0.39, 0.29) is 24.4 Å². The molecule has 0 N–H and O–H groups in total. The first kappa shape index (κ1) is 11.0. The summed E-state index contributed by atoms with van der Waals surface area (Å²) in [6.45, 7) is 0. The molecular formula is C6H3F3SZn+2. The van der Waals surface area contributed by atoms with Gasteiger partial charge in [-0.1, -0.05) is 0 Å². The minimum atomic E-state index is -1.20. The molecule has 0 saturated heterocycles. The van der Waals surface area contributed by atoms with Crippen LogP contribution in [-0.4, -0.2) is 0 Å². The molecule has 0 radical (unpaired) electrons. The first-order valence-corrected chi connectivity index (χ1v) is 2.89. The van der Waals surface area contributed by atoms with Gasteiger partial charge in [-0.25, -0.2) is 13.2 Å². The molecule has 1 aromatic carbocycles. The molecule has 0 amide bonds. The molecule has 0 aliphatic carbocycles. The third-order valence-electron chi connectivity index (χ3n) is 0.990.